The van der Waals surface area contributed by atoms with Crippen LogP contribution in [0, 0.1) is 5.92 Å². The third kappa shape index (κ3) is 4.47. The van der Waals surface area contributed by atoms with Crippen LogP contribution in [0.1, 0.15) is 32.3 Å². The lowest BCUT2D eigenvalue weighted by Crippen LogP contribution is -2.20. The molecule has 0 fully saturated rings. The molecule has 0 aliphatic rings. The SMILES string of the molecule is COc1ccc2ccccc2c1CCCCNCC(C)C. The minimum atomic E-state index is 0.725. The first-order valence-corrected chi connectivity index (χ1v) is 7.97. The molecule has 0 amide bonds. The topological polar surface area (TPSA) is 21.3 Å². The molecule has 2 aromatic rings. The van der Waals surface area contributed by atoms with E-state index >= 15 is 0 Å². The van der Waals surface area contributed by atoms with E-state index in [9.17, 15) is 0 Å². The molecule has 0 radical (unpaired) electrons. The molecule has 0 saturated carbocycles. The van der Waals surface area contributed by atoms with Gasteiger partial charge < -0.3 is 10.1 Å². The standard InChI is InChI=1S/C19H27NO/c1-15(2)14-20-13-7-6-10-18-17-9-5-4-8-16(17)11-12-19(18)21-3/h4-5,8-9,11-12,15,20H,6-7,10,13-14H2,1-3H3. The first-order chi connectivity index (χ1) is 10.2. The van der Waals surface area contributed by atoms with Gasteiger partial charge in [0.25, 0.3) is 0 Å². The fourth-order valence-electron chi connectivity index (χ4n) is 2.71. The van der Waals surface area contributed by atoms with E-state index in [-0.39, 0.29) is 0 Å². The van der Waals surface area contributed by atoms with Crippen LogP contribution in [-0.2, 0) is 6.42 Å². The van der Waals surface area contributed by atoms with Crippen LogP contribution >= 0.6 is 0 Å². The summed E-state index contributed by atoms with van der Waals surface area (Å²) < 4.78 is 5.55. The Bertz CT molecular complexity index is 562. The number of hydrogen-bond donors (Lipinski definition) is 1. The lowest BCUT2D eigenvalue weighted by molar-refractivity contribution is 0.409. The van der Waals surface area contributed by atoms with E-state index < -0.39 is 0 Å². The highest BCUT2D eigenvalue weighted by molar-refractivity contribution is 5.87. The van der Waals surface area contributed by atoms with E-state index in [2.05, 4.69) is 55.6 Å². The second-order valence-electron chi connectivity index (χ2n) is 6.02. The van der Waals surface area contributed by atoms with E-state index in [4.69, 9.17) is 4.74 Å². The average molecular weight is 285 g/mol. The van der Waals surface area contributed by atoms with Crippen molar-refractivity contribution >= 4 is 10.8 Å². The van der Waals surface area contributed by atoms with Crippen LogP contribution in [0.25, 0.3) is 10.8 Å². The molecule has 2 nitrogen and oxygen atoms in total. The Labute approximate surface area is 128 Å². The minimum Gasteiger partial charge on any atom is -0.496 e. The summed E-state index contributed by atoms with van der Waals surface area (Å²) in [6.07, 6.45) is 3.47. The normalized spacial score (nSPS) is 11.2. The first-order valence-electron chi connectivity index (χ1n) is 7.97. The highest BCUT2D eigenvalue weighted by atomic mass is 16.5. The van der Waals surface area contributed by atoms with Crippen molar-refractivity contribution < 1.29 is 4.74 Å². The largest absolute Gasteiger partial charge is 0.496 e. The number of methoxy groups -OCH3 is 1. The smallest absolute Gasteiger partial charge is 0.122 e. The summed E-state index contributed by atoms with van der Waals surface area (Å²) in [6.45, 7) is 6.70. The van der Waals surface area contributed by atoms with Crippen molar-refractivity contribution in [3.05, 3.63) is 42.0 Å². The maximum absolute atomic E-state index is 5.55. The Hall–Kier alpha value is -1.54. The second-order valence-corrected chi connectivity index (χ2v) is 6.02. The molecular weight excluding hydrogens is 258 g/mol. The Balaban J connectivity index is 1.97. The highest BCUT2D eigenvalue weighted by Gasteiger charge is 2.07. The Morgan fingerprint density at radius 1 is 1.05 bits per heavy atom. The molecule has 0 atom stereocenters. The molecule has 2 aromatic carbocycles. The van der Waals surface area contributed by atoms with Crippen molar-refractivity contribution in [2.45, 2.75) is 33.1 Å². The van der Waals surface area contributed by atoms with Crippen LogP contribution in [0.2, 0.25) is 0 Å². The molecule has 1 N–H and O–H groups in total. The predicted octanol–water partition coefficient (Wildman–Crippen LogP) is 4.42. The third-order valence-corrected chi connectivity index (χ3v) is 3.80. The van der Waals surface area contributed by atoms with Gasteiger partial charge in [-0.2, -0.15) is 0 Å². The number of aryl methyl sites for hydroxylation is 1. The Kier molecular flexibility index (Phi) is 6.06. The van der Waals surface area contributed by atoms with Crippen LogP contribution in [0.3, 0.4) is 0 Å². The van der Waals surface area contributed by atoms with Crippen LogP contribution in [0.5, 0.6) is 5.75 Å². The molecule has 2 heteroatoms. The molecule has 0 unspecified atom stereocenters. The van der Waals surface area contributed by atoms with Crippen LogP contribution in [-0.4, -0.2) is 20.2 Å². The van der Waals surface area contributed by atoms with E-state index in [1.807, 2.05) is 0 Å². The highest BCUT2D eigenvalue weighted by Crippen LogP contribution is 2.29. The van der Waals surface area contributed by atoms with Crippen LogP contribution in [0.4, 0.5) is 0 Å². The molecule has 0 heterocycles. The number of rotatable bonds is 8. The quantitative estimate of drug-likeness (QED) is 0.725. The minimum absolute atomic E-state index is 0.725. The number of benzene rings is 2. The van der Waals surface area contributed by atoms with Gasteiger partial charge >= 0.3 is 0 Å². The Morgan fingerprint density at radius 2 is 1.86 bits per heavy atom. The monoisotopic (exact) mass is 285 g/mol. The summed E-state index contributed by atoms with van der Waals surface area (Å²) in [5, 5.41) is 6.13. The molecule has 0 saturated heterocycles. The van der Waals surface area contributed by atoms with Crippen molar-refractivity contribution in [2.24, 2.45) is 5.92 Å². The summed E-state index contributed by atoms with van der Waals surface area (Å²) in [5.41, 5.74) is 1.35. The number of hydrogen-bond acceptors (Lipinski definition) is 2. The third-order valence-electron chi connectivity index (χ3n) is 3.80. The molecule has 2 rings (SSSR count). The molecule has 0 bridgehead atoms. The summed E-state index contributed by atoms with van der Waals surface area (Å²) in [5.74, 6) is 1.74. The van der Waals surface area contributed by atoms with Crippen LogP contribution in [0.15, 0.2) is 36.4 Å². The summed E-state index contributed by atoms with van der Waals surface area (Å²) >= 11 is 0. The molecule has 114 valence electrons. The van der Waals surface area contributed by atoms with E-state index in [0.29, 0.717) is 0 Å². The van der Waals surface area contributed by atoms with E-state index in [1.54, 1.807) is 7.11 Å². The molecule has 21 heavy (non-hydrogen) atoms. The van der Waals surface area contributed by atoms with Crippen molar-refractivity contribution in [3.8, 4) is 5.75 Å². The van der Waals surface area contributed by atoms with Gasteiger partial charge in [-0.25, -0.2) is 0 Å². The maximum atomic E-state index is 5.55. The van der Waals surface area contributed by atoms with Gasteiger partial charge in [0.15, 0.2) is 0 Å². The number of nitrogens with one attached hydrogen (secondary N) is 1. The molecule has 0 aliphatic carbocycles. The van der Waals surface area contributed by atoms with Gasteiger partial charge in [0, 0.05) is 5.56 Å². The van der Waals surface area contributed by atoms with Gasteiger partial charge in [-0.3, -0.25) is 0 Å². The lowest BCUT2D eigenvalue weighted by atomic mass is 9.99. The van der Waals surface area contributed by atoms with Crippen molar-refractivity contribution in [1.29, 1.82) is 0 Å². The van der Waals surface area contributed by atoms with Crippen molar-refractivity contribution in [3.63, 3.8) is 0 Å². The zero-order chi connectivity index (χ0) is 15.1. The average Bonchev–Trinajstić information content (AvgIpc) is 2.50. The summed E-state index contributed by atoms with van der Waals surface area (Å²) in [7, 11) is 1.76. The molecule has 0 aromatic heterocycles. The fraction of sp³-hybridized carbons (Fsp3) is 0.474. The summed E-state index contributed by atoms with van der Waals surface area (Å²) in [6, 6.07) is 12.8. The number of unbranched alkanes of at least 4 members (excludes halogenated alkanes) is 1. The predicted molar refractivity (Wildman–Crippen MR) is 91.1 cm³/mol. The molecule has 0 aliphatic heterocycles. The molecular formula is C19H27NO. The second kappa shape index (κ2) is 8.04. The fourth-order valence-corrected chi connectivity index (χ4v) is 2.71. The number of ether oxygens (including phenoxy) is 1. The van der Waals surface area contributed by atoms with E-state index in [0.717, 1.165) is 31.2 Å². The van der Waals surface area contributed by atoms with Gasteiger partial charge in [-0.05, 0) is 55.1 Å². The van der Waals surface area contributed by atoms with Gasteiger partial charge in [-0.15, -0.1) is 0 Å². The summed E-state index contributed by atoms with van der Waals surface area (Å²) in [4.78, 5) is 0. The number of fused-ring (bicyclic) bond motifs is 1. The van der Waals surface area contributed by atoms with Crippen LogP contribution < -0.4 is 10.1 Å². The van der Waals surface area contributed by atoms with Gasteiger partial charge in [0.05, 0.1) is 7.11 Å². The van der Waals surface area contributed by atoms with Gasteiger partial charge in [-0.1, -0.05) is 44.2 Å². The van der Waals surface area contributed by atoms with E-state index in [1.165, 1.54) is 29.2 Å². The van der Waals surface area contributed by atoms with Gasteiger partial charge in [0.2, 0.25) is 0 Å². The van der Waals surface area contributed by atoms with Gasteiger partial charge in [0.1, 0.15) is 5.75 Å². The van der Waals surface area contributed by atoms with Crippen molar-refractivity contribution in [2.75, 3.05) is 20.2 Å². The maximum Gasteiger partial charge on any atom is 0.122 e. The zero-order valence-electron chi connectivity index (χ0n) is 13.5. The Morgan fingerprint density at radius 3 is 2.62 bits per heavy atom. The lowest BCUT2D eigenvalue weighted by Gasteiger charge is -2.12. The first kappa shape index (κ1) is 15.8. The van der Waals surface area contributed by atoms with Crippen molar-refractivity contribution in [1.82, 2.24) is 5.32 Å². The molecule has 0 spiro atoms. The zero-order valence-corrected chi connectivity index (χ0v) is 13.5.